The van der Waals surface area contributed by atoms with Crippen molar-refractivity contribution in [3.05, 3.63) is 47.8 Å². The Bertz CT molecular complexity index is 1060. The van der Waals surface area contributed by atoms with Crippen LogP contribution in [0, 0.1) is 6.92 Å². The predicted octanol–water partition coefficient (Wildman–Crippen LogP) is 3.05. The van der Waals surface area contributed by atoms with Gasteiger partial charge in [-0.3, -0.25) is 0 Å². The van der Waals surface area contributed by atoms with E-state index in [1.807, 2.05) is 0 Å². The van der Waals surface area contributed by atoms with E-state index in [0.717, 1.165) is 0 Å². The number of rotatable bonds is 4. The van der Waals surface area contributed by atoms with Crippen molar-refractivity contribution in [2.75, 3.05) is 0 Å². The van der Waals surface area contributed by atoms with Crippen molar-refractivity contribution < 1.29 is 21.6 Å². The highest BCUT2D eigenvalue weighted by molar-refractivity contribution is 7.91. The zero-order chi connectivity index (χ0) is 19.1. The first-order valence-corrected chi connectivity index (χ1v) is 9.05. The van der Waals surface area contributed by atoms with E-state index in [2.05, 4.69) is 15.0 Å². The summed E-state index contributed by atoms with van der Waals surface area (Å²) in [5.74, 6) is 0. The zero-order valence-electron chi connectivity index (χ0n) is 13.6. The number of aromatic nitrogens is 3. The van der Waals surface area contributed by atoms with E-state index in [9.17, 15) is 21.6 Å². The second kappa shape index (κ2) is 6.36. The van der Waals surface area contributed by atoms with Gasteiger partial charge >= 0.3 is 6.18 Å². The Morgan fingerprint density at radius 1 is 1.23 bits per heavy atom. The Morgan fingerprint density at radius 3 is 2.62 bits per heavy atom. The minimum atomic E-state index is -4.57. The molecule has 2 heterocycles. The number of alkyl halides is 3. The van der Waals surface area contributed by atoms with Gasteiger partial charge in [0, 0.05) is 6.20 Å². The molecule has 0 saturated carbocycles. The number of nitrogens with zero attached hydrogens (tertiary/aromatic N) is 2. The van der Waals surface area contributed by atoms with Crippen molar-refractivity contribution in [2.24, 2.45) is 5.73 Å². The average Bonchev–Trinajstić information content (AvgIpc) is 2.99. The molecule has 0 aliphatic rings. The van der Waals surface area contributed by atoms with Gasteiger partial charge in [-0.05, 0) is 30.7 Å². The summed E-state index contributed by atoms with van der Waals surface area (Å²) in [4.78, 5) is 10.7. The fourth-order valence-electron chi connectivity index (χ4n) is 2.55. The molecule has 1 unspecified atom stereocenters. The maximum Gasteiger partial charge on any atom is 0.390 e. The van der Waals surface area contributed by atoms with Crippen LogP contribution in [0.5, 0.6) is 0 Å². The minimum absolute atomic E-state index is 0.0850. The van der Waals surface area contributed by atoms with E-state index in [4.69, 9.17) is 5.73 Å². The number of sulfone groups is 1. The predicted molar refractivity (Wildman–Crippen MR) is 88.1 cm³/mol. The zero-order valence-corrected chi connectivity index (χ0v) is 14.4. The summed E-state index contributed by atoms with van der Waals surface area (Å²) in [6.45, 7) is 1.70. The van der Waals surface area contributed by atoms with Crippen LogP contribution in [0.15, 0.2) is 46.5 Å². The quantitative estimate of drug-likeness (QED) is 0.720. The van der Waals surface area contributed by atoms with Crippen LogP contribution in [0.4, 0.5) is 13.2 Å². The molecule has 2 aromatic heterocycles. The maximum absolute atomic E-state index is 13.0. The number of H-pyrrole nitrogens is 1. The standard InChI is InChI=1S/C16H15F3N4O2S/c1-9-3-2-4-10(7-9)26(24,25)15-13(11(20)8-16(17,18)19)22-12-5-6-21-14(12)23-15/h2-7,11H,8,20H2,1H3,(H,21,23). The second-order valence-corrected chi connectivity index (χ2v) is 7.74. The van der Waals surface area contributed by atoms with Crippen LogP contribution in [0.3, 0.4) is 0 Å². The molecule has 6 nitrogen and oxygen atoms in total. The van der Waals surface area contributed by atoms with E-state index in [1.165, 1.54) is 30.5 Å². The van der Waals surface area contributed by atoms with E-state index in [-0.39, 0.29) is 16.1 Å². The monoisotopic (exact) mass is 384 g/mol. The summed E-state index contributed by atoms with van der Waals surface area (Å²) in [7, 11) is -4.20. The Morgan fingerprint density at radius 2 is 1.96 bits per heavy atom. The number of benzene rings is 1. The Balaban J connectivity index is 2.21. The van der Waals surface area contributed by atoms with E-state index in [1.54, 1.807) is 13.0 Å². The molecule has 0 fully saturated rings. The molecule has 0 aliphatic heterocycles. The van der Waals surface area contributed by atoms with Crippen molar-refractivity contribution in [3.63, 3.8) is 0 Å². The third-order valence-corrected chi connectivity index (χ3v) is 5.42. The number of aryl methyl sites for hydroxylation is 1. The Kier molecular flexibility index (Phi) is 4.49. The summed E-state index contributed by atoms with van der Waals surface area (Å²) in [6.07, 6.45) is -4.51. The summed E-state index contributed by atoms with van der Waals surface area (Å²) in [5, 5.41) is -0.574. The lowest BCUT2D eigenvalue weighted by Gasteiger charge is -2.17. The summed E-state index contributed by atoms with van der Waals surface area (Å²) >= 11 is 0. The lowest BCUT2D eigenvalue weighted by Crippen LogP contribution is -2.24. The highest BCUT2D eigenvalue weighted by Crippen LogP contribution is 2.32. The molecule has 0 spiro atoms. The second-order valence-electron chi connectivity index (χ2n) is 5.87. The van der Waals surface area contributed by atoms with Crippen LogP contribution < -0.4 is 5.73 Å². The number of nitrogens with two attached hydrogens (primary N) is 1. The molecule has 0 aliphatic carbocycles. The van der Waals surface area contributed by atoms with E-state index < -0.39 is 39.2 Å². The molecule has 138 valence electrons. The summed E-state index contributed by atoms with van der Waals surface area (Å²) < 4.78 is 64.3. The van der Waals surface area contributed by atoms with Crippen molar-refractivity contribution in [3.8, 4) is 0 Å². The lowest BCUT2D eigenvalue weighted by atomic mass is 10.1. The van der Waals surface area contributed by atoms with Gasteiger partial charge in [-0.1, -0.05) is 12.1 Å². The smallest absolute Gasteiger partial charge is 0.345 e. The van der Waals surface area contributed by atoms with Crippen LogP contribution in [0.1, 0.15) is 23.7 Å². The lowest BCUT2D eigenvalue weighted by molar-refractivity contribution is -0.138. The molecule has 0 bridgehead atoms. The van der Waals surface area contributed by atoms with Gasteiger partial charge in [0.05, 0.1) is 23.1 Å². The SMILES string of the molecule is Cc1cccc(S(=O)(=O)c2nc3[nH]ccc3nc2C(N)CC(F)(F)F)c1. The van der Waals surface area contributed by atoms with Crippen LogP contribution >= 0.6 is 0 Å². The molecule has 3 rings (SSSR count). The molecule has 1 aromatic carbocycles. The molecule has 10 heteroatoms. The average molecular weight is 384 g/mol. The topological polar surface area (TPSA) is 102 Å². The van der Waals surface area contributed by atoms with Crippen molar-refractivity contribution in [1.29, 1.82) is 0 Å². The van der Waals surface area contributed by atoms with Crippen LogP contribution in [-0.2, 0) is 9.84 Å². The molecule has 1 atom stereocenters. The largest absolute Gasteiger partial charge is 0.390 e. The van der Waals surface area contributed by atoms with Gasteiger partial charge in [0.15, 0.2) is 10.7 Å². The van der Waals surface area contributed by atoms with Crippen molar-refractivity contribution in [2.45, 2.75) is 35.5 Å². The number of nitrogens with one attached hydrogen (secondary N) is 1. The van der Waals surface area contributed by atoms with E-state index in [0.29, 0.717) is 5.56 Å². The number of halogens is 3. The van der Waals surface area contributed by atoms with Gasteiger partial charge in [0.2, 0.25) is 9.84 Å². The third-order valence-electron chi connectivity index (χ3n) is 3.73. The Hall–Kier alpha value is -2.46. The molecular formula is C16H15F3N4O2S. The summed E-state index contributed by atoms with van der Waals surface area (Å²) in [6, 6.07) is 5.83. The first-order chi connectivity index (χ1) is 12.1. The number of fused-ring (bicyclic) bond motifs is 1. The van der Waals surface area contributed by atoms with Crippen LogP contribution in [0.2, 0.25) is 0 Å². The molecular weight excluding hydrogens is 369 g/mol. The molecule has 0 amide bonds. The van der Waals surface area contributed by atoms with Gasteiger partial charge in [-0.15, -0.1) is 0 Å². The number of hydrogen-bond donors (Lipinski definition) is 2. The van der Waals surface area contributed by atoms with Crippen LogP contribution in [-0.4, -0.2) is 29.5 Å². The third kappa shape index (κ3) is 3.56. The van der Waals surface area contributed by atoms with E-state index >= 15 is 0 Å². The molecule has 0 saturated heterocycles. The Labute approximate surface area is 147 Å². The van der Waals surface area contributed by atoms with Crippen molar-refractivity contribution in [1.82, 2.24) is 15.0 Å². The van der Waals surface area contributed by atoms with Crippen LogP contribution in [0.25, 0.3) is 11.2 Å². The fraction of sp³-hybridized carbons (Fsp3) is 0.250. The van der Waals surface area contributed by atoms with Gasteiger partial charge in [0.1, 0.15) is 5.52 Å². The first kappa shape index (κ1) is 18.3. The number of aromatic amines is 1. The first-order valence-electron chi connectivity index (χ1n) is 7.57. The normalized spacial score (nSPS) is 13.9. The molecule has 26 heavy (non-hydrogen) atoms. The van der Waals surface area contributed by atoms with Gasteiger partial charge in [0.25, 0.3) is 0 Å². The highest BCUT2D eigenvalue weighted by atomic mass is 32.2. The fourth-order valence-corrected chi connectivity index (χ4v) is 4.05. The molecule has 3 aromatic rings. The molecule has 3 N–H and O–H groups in total. The van der Waals surface area contributed by atoms with Crippen molar-refractivity contribution >= 4 is 21.0 Å². The maximum atomic E-state index is 13.0. The molecule has 0 radical (unpaired) electrons. The summed E-state index contributed by atoms with van der Waals surface area (Å²) in [5.41, 5.74) is 6.31. The minimum Gasteiger partial charge on any atom is -0.345 e. The highest BCUT2D eigenvalue weighted by Gasteiger charge is 2.35. The van der Waals surface area contributed by atoms with Gasteiger partial charge in [-0.2, -0.15) is 13.2 Å². The van der Waals surface area contributed by atoms with Gasteiger partial charge < -0.3 is 10.7 Å². The van der Waals surface area contributed by atoms with Gasteiger partial charge in [-0.25, -0.2) is 18.4 Å². The number of hydrogen-bond acceptors (Lipinski definition) is 5.